The van der Waals surface area contributed by atoms with Crippen molar-refractivity contribution in [1.82, 2.24) is 0 Å². The number of hydrogen-bond acceptors (Lipinski definition) is 0. The summed E-state index contributed by atoms with van der Waals surface area (Å²) < 4.78 is 6.69. The molecule has 0 radical (unpaired) electrons. The molecule has 0 spiro atoms. The Morgan fingerprint density at radius 2 is 1.18 bits per heavy atom. The van der Waals surface area contributed by atoms with Gasteiger partial charge in [0.1, 0.15) is 0 Å². The van der Waals surface area contributed by atoms with Crippen LogP contribution in [-0.2, 0) is 28.2 Å². The Balaban J connectivity index is 0.00000240. The van der Waals surface area contributed by atoms with Crippen molar-refractivity contribution in [1.29, 1.82) is 0 Å². The van der Waals surface area contributed by atoms with E-state index in [4.69, 9.17) is 0 Å². The van der Waals surface area contributed by atoms with Crippen LogP contribution in [0.5, 0.6) is 0 Å². The van der Waals surface area contributed by atoms with E-state index in [-0.39, 0.29) is 30.2 Å². The minimum absolute atomic E-state index is 0. The molecule has 0 N–H and O–H groups in total. The Bertz CT molecular complexity index is 2230. The van der Waals surface area contributed by atoms with Crippen molar-refractivity contribution in [3.8, 4) is 22.3 Å². The van der Waals surface area contributed by atoms with Crippen molar-refractivity contribution < 1.29 is 17.4 Å². The summed E-state index contributed by atoms with van der Waals surface area (Å²) in [6.07, 6.45) is 16.6. The van der Waals surface area contributed by atoms with Crippen LogP contribution in [0.25, 0.3) is 34.4 Å². The van der Waals surface area contributed by atoms with Crippen LogP contribution in [-0.4, -0.2) is 6.88 Å². The molecule has 4 heteroatoms. The molecular weight excluding hydrogens is 815 g/mol. The maximum atomic E-state index is 2.82. The van der Waals surface area contributed by atoms with Crippen molar-refractivity contribution in [2.45, 2.75) is 120 Å². The number of hydrogen-bond donors (Lipinski definition) is 0. The van der Waals surface area contributed by atoms with Gasteiger partial charge in [0.15, 0.2) is 0 Å². The number of benzene rings is 4. The summed E-state index contributed by atoms with van der Waals surface area (Å²) >= 11 is -3.74. The zero-order chi connectivity index (χ0) is 37.8. The van der Waals surface area contributed by atoms with E-state index in [1.807, 2.05) is 0 Å². The average molecular weight is 881 g/mol. The molecular formula is C52H66Cl2SiZr. The summed E-state index contributed by atoms with van der Waals surface area (Å²) in [5.74, 6) is 3.52. The van der Waals surface area contributed by atoms with Gasteiger partial charge in [-0.25, -0.2) is 0 Å². The molecule has 296 valence electrons. The number of allylic oxidation sites excluding steroid dienone is 2. The van der Waals surface area contributed by atoms with Gasteiger partial charge in [-0.3, -0.25) is 0 Å². The van der Waals surface area contributed by atoms with E-state index in [0.29, 0.717) is 18.6 Å². The van der Waals surface area contributed by atoms with Crippen molar-refractivity contribution in [3.63, 3.8) is 0 Å². The smallest absolute Gasteiger partial charge is 0.147 e. The van der Waals surface area contributed by atoms with Crippen LogP contribution in [0.3, 0.4) is 0 Å². The standard InChI is InChI=1S/C26H27.C24H29.2CH3.2ClH.H2Si.Zr/c1-17-9-22-3-2-4-24(25(22)10-17)21-5-7-23(8-6-21)26-14-18-11-19(15-26)13-20(12-18)16-26;1-6-8-17(2)20-15-19-9-7-10-22(23(19)16-20)18-11-13-21(14-12-18)24(3,4)5;;;;;;/h2-10,18-20H,11-16H2,1H3;7,9-17H,6,8H2,1-5H3;2*1H3;2*1H;1H2;. The van der Waals surface area contributed by atoms with Crippen molar-refractivity contribution in [3.05, 3.63) is 129 Å². The van der Waals surface area contributed by atoms with Crippen LogP contribution in [0.2, 0.25) is 9.26 Å². The fraction of sp³-hybridized carbons (Fsp3) is 0.462. The van der Waals surface area contributed by atoms with Crippen LogP contribution in [0.15, 0.2) is 96.1 Å². The van der Waals surface area contributed by atoms with Crippen LogP contribution < -0.4 is 0 Å². The molecule has 6 aliphatic rings. The topological polar surface area (TPSA) is 0 Å². The van der Waals surface area contributed by atoms with Crippen molar-refractivity contribution in [2.24, 2.45) is 23.7 Å². The van der Waals surface area contributed by atoms with Gasteiger partial charge in [-0.1, -0.05) is 0 Å². The SMILES string of the molecule is CCCC(C)C1=Cc2c(-c3ccc(C(C)(C)C)cc3)cccc2[CH]1[Zr]([CH3])([CH3])(=[SiH2])[CH]1C(C)=Cc2c(-c3ccc(C45CC6CC(CC(C6)C4)C5)cc3)cccc21.Cl.Cl. The normalized spacial score (nSPS) is 26.8. The van der Waals surface area contributed by atoms with Crippen molar-refractivity contribution in [2.75, 3.05) is 0 Å². The van der Waals surface area contributed by atoms with Gasteiger partial charge in [0.2, 0.25) is 0 Å². The van der Waals surface area contributed by atoms with Gasteiger partial charge in [0.25, 0.3) is 0 Å². The van der Waals surface area contributed by atoms with Gasteiger partial charge >= 0.3 is 332 Å². The van der Waals surface area contributed by atoms with Crippen LogP contribution in [0, 0.1) is 23.7 Å². The van der Waals surface area contributed by atoms with E-state index in [9.17, 15) is 0 Å². The monoisotopic (exact) mass is 878 g/mol. The summed E-state index contributed by atoms with van der Waals surface area (Å²) in [5.41, 5.74) is 18.7. The van der Waals surface area contributed by atoms with Gasteiger partial charge in [-0.15, -0.1) is 24.8 Å². The summed E-state index contributed by atoms with van der Waals surface area (Å²) in [6, 6.07) is 34.1. The molecule has 0 aromatic heterocycles. The summed E-state index contributed by atoms with van der Waals surface area (Å²) in [5, 5.41) is 0. The first-order valence-corrected chi connectivity index (χ1v) is 35.3. The molecule has 6 aliphatic carbocycles. The molecule has 0 amide bonds. The molecule has 4 aromatic rings. The Morgan fingerprint density at radius 1 is 0.696 bits per heavy atom. The quantitative estimate of drug-likeness (QED) is 0.155. The third-order valence-electron chi connectivity index (χ3n) is 15.5. The first-order valence-electron chi connectivity index (χ1n) is 21.6. The Kier molecular flexibility index (Phi) is 11.3. The van der Waals surface area contributed by atoms with Gasteiger partial charge in [0.05, 0.1) is 0 Å². The van der Waals surface area contributed by atoms with Gasteiger partial charge in [0, 0.05) is 0 Å². The summed E-state index contributed by atoms with van der Waals surface area (Å²) in [6.45, 7) is 16.8. The first-order chi connectivity index (χ1) is 25.6. The van der Waals surface area contributed by atoms with E-state index in [0.717, 1.165) is 17.8 Å². The van der Waals surface area contributed by atoms with Crippen LogP contribution in [0.1, 0.15) is 134 Å². The molecule has 3 unspecified atom stereocenters. The van der Waals surface area contributed by atoms with E-state index < -0.39 is 17.4 Å². The zero-order valence-corrected chi connectivity index (χ0v) is 40.9. The maximum absolute atomic E-state index is 3.74. The third-order valence-corrected chi connectivity index (χ3v) is 33.1. The van der Waals surface area contributed by atoms with Crippen LogP contribution in [0.4, 0.5) is 0 Å². The van der Waals surface area contributed by atoms with E-state index in [1.165, 1.54) is 90.3 Å². The largest absolute Gasteiger partial charge is 0.147 e. The van der Waals surface area contributed by atoms with Crippen molar-refractivity contribution >= 4 is 43.8 Å². The predicted octanol–water partition coefficient (Wildman–Crippen LogP) is 15.0. The molecule has 10 rings (SSSR count). The van der Waals surface area contributed by atoms with E-state index in [1.54, 1.807) is 27.8 Å². The Labute approximate surface area is 354 Å². The maximum Gasteiger partial charge on any atom is -0.147 e. The fourth-order valence-corrected chi connectivity index (χ4v) is 34.1. The van der Waals surface area contributed by atoms with Crippen LogP contribution >= 0.6 is 24.8 Å². The molecule has 4 fully saturated rings. The average Bonchev–Trinajstić information content (AvgIpc) is 3.70. The Hall–Kier alpha value is -1.96. The number of rotatable bonds is 8. The van der Waals surface area contributed by atoms with Gasteiger partial charge in [-0.05, 0) is 0 Å². The molecule has 0 aliphatic heterocycles. The molecule has 0 nitrogen and oxygen atoms in total. The molecule has 0 saturated heterocycles. The second-order valence-electron chi connectivity index (χ2n) is 21.2. The third kappa shape index (κ3) is 6.91. The molecule has 0 heterocycles. The minimum Gasteiger partial charge on any atom is -0.147 e. The van der Waals surface area contributed by atoms with Gasteiger partial charge in [-0.2, -0.15) is 0 Å². The molecule has 4 bridgehead atoms. The second-order valence-corrected chi connectivity index (χ2v) is 51.7. The second kappa shape index (κ2) is 14.9. The molecule has 56 heavy (non-hydrogen) atoms. The molecule has 4 saturated carbocycles. The summed E-state index contributed by atoms with van der Waals surface area (Å²) in [4.78, 5) is 0. The fourth-order valence-electron chi connectivity index (χ4n) is 13.6. The predicted molar refractivity (Wildman–Crippen MR) is 248 cm³/mol. The zero-order valence-electron chi connectivity index (χ0n) is 35.4. The van der Waals surface area contributed by atoms with E-state index in [2.05, 4.69) is 155 Å². The van der Waals surface area contributed by atoms with Gasteiger partial charge < -0.3 is 0 Å². The first kappa shape index (κ1) is 42.2. The minimum atomic E-state index is -3.74. The Morgan fingerprint density at radius 3 is 1.68 bits per heavy atom. The molecule has 4 aromatic carbocycles. The molecule has 3 atom stereocenters. The van der Waals surface area contributed by atoms with E-state index >= 15 is 0 Å². The summed E-state index contributed by atoms with van der Waals surface area (Å²) in [7, 11) is 0. The number of halogens is 2. The number of fused-ring (bicyclic) bond motifs is 2.